The Morgan fingerprint density at radius 2 is 2.00 bits per heavy atom. The monoisotopic (exact) mass is 365 g/mol. The molecule has 0 bridgehead atoms. The highest BCUT2D eigenvalue weighted by Gasteiger charge is 2.11. The van der Waals surface area contributed by atoms with E-state index >= 15 is 0 Å². The number of methoxy groups -OCH3 is 1. The van der Waals surface area contributed by atoms with Crippen molar-refractivity contribution in [3.63, 3.8) is 0 Å². The molecular weight excluding hydrogens is 346 g/mol. The second-order valence-electron chi connectivity index (χ2n) is 4.66. The zero-order chi connectivity index (χ0) is 15.1. The summed E-state index contributed by atoms with van der Waals surface area (Å²) in [6, 6.07) is 17.0. The smallest absolute Gasteiger partial charge is 0.119 e. The van der Waals surface area contributed by atoms with Crippen LogP contribution in [0.15, 0.2) is 57.9 Å². The fourth-order valence-corrected chi connectivity index (χ4v) is 3.72. The summed E-state index contributed by atoms with van der Waals surface area (Å²) < 4.78 is 6.44. The molecule has 2 aromatic rings. The van der Waals surface area contributed by atoms with Crippen molar-refractivity contribution < 1.29 is 4.74 Å². The fourth-order valence-electron chi connectivity index (χ4n) is 2.11. The van der Waals surface area contributed by atoms with Crippen molar-refractivity contribution in [3.8, 4) is 5.75 Å². The summed E-state index contributed by atoms with van der Waals surface area (Å²) in [6.45, 7) is 3.08. The van der Waals surface area contributed by atoms with Crippen molar-refractivity contribution in [2.24, 2.45) is 0 Å². The van der Waals surface area contributed by atoms with Crippen molar-refractivity contribution in [2.75, 3.05) is 19.4 Å². The van der Waals surface area contributed by atoms with Crippen molar-refractivity contribution in [1.29, 1.82) is 0 Å². The lowest BCUT2D eigenvalue weighted by atomic mass is 10.1. The van der Waals surface area contributed by atoms with Crippen molar-refractivity contribution in [3.05, 3.63) is 58.6 Å². The van der Waals surface area contributed by atoms with Crippen LogP contribution in [-0.2, 0) is 0 Å². The van der Waals surface area contributed by atoms with Crippen LogP contribution >= 0.6 is 27.7 Å². The summed E-state index contributed by atoms with van der Waals surface area (Å²) in [5.74, 6) is 1.89. The Kier molecular flexibility index (Phi) is 6.61. The molecule has 0 aliphatic carbocycles. The molecule has 0 aliphatic heterocycles. The first-order valence-electron chi connectivity index (χ1n) is 6.98. The molecule has 0 aliphatic rings. The minimum Gasteiger partial charge on any atom is -0.497 e. The summed E-state index contributed by atoms with van der Waals surface area (Å²) in [5.41, 5.74) is 1.26. The minimum atomic E-state index is 0.314. The SMILES string of the molecule is CCNC(CSc1cccc(Br)c1)c1cccc(OC)c1. The molecule has 21 heavy (non-hydrogen) atoms. The lowest BCUT2D eigenvalue weighted by Gasteiger charge is -2.18. The molecule has 0 fully saturated rings. The van der Waals surface area contributed by atoms with E-state index in [1.165, 1.54) is 10.5 Å². The van der Waals surface area contributed by atoms with E-state index in [0.29, 0.717) is 6.04 Å². The summed E-state index contributed by atoms with van der Waals surface area (Å²) in [7, 11) is 1.71. The van der Waals surface area contributed by atoms with Gasteiger partial charge in [0.1, 0.15) is 5.75 Å². The molecule has 1 atom stereocenters. The largest absolute Gasteiger partial charge is 0.497 e. The van der Waals surface area contributed by atoms with E-state index in [1.54, 1.807) is 7.11 Å². The second-order valence-corrected chi connectivity index (χ2v) is 6.66. The van der Waals surface area contributed by atoms with Crippen LogP contribution in [0.4, 0.5) is 0 Å². The van der Waals surface area contributed by atoms with E-state index in [4.69, 9.17) is 4.74 Å². The fraction of sp³-hybridized carbons (Fsp3) is 0.294. The molecule has 0 spiro atoms. The van der Waals surface area contributed by atoms with Crippen molar-refractivity contribution in [2.45, 2.75) is 17.9 Å². The van der Waals surface area contributed by atoms with Gasteiger partial charge in [0, 0.05) is 21.2 Å². The van der Waals surface area contributed by atoms with Crippen molar-refractivity contribution in [1.82, 2.24) is 5.32 Å². The normalized spacial score (nSPS) is 12.1. The van der Waals surface area contributed by atoms with E-state index in [9.17, 15) is 0 Å². The number of benzene rings is 2. The summed E-state index contributed by atoms with van der Waals surface area (Å²) in [6.07, 6.45) is 0. The average Bonchev–Trinajstić information content (AvgIpc) is 2.51. The lowest BCUT2D eigenvalue weighted by Crippen LogP contribution is -2.22. The van der Waals surface area contributed by atoms with Gasteiger partial charge >= 0.3 is 0 Å². The number of hydrogen-bond donors (Lipinski definition) is 1. The van der Waals surface area contributed by atoms with Gasteiger partial charge in [-0.1, -0.05) is 41.1 Å². The Labute approximate surface area is 139 Å². The van der Waals surface area contributed by atoms with E-state index in [0.717, 1.165) is 22.5 Å². The Hall–Kier alpha value is -0.970. The molecule has 4 heteroatoms. The van der Waals surface area contributed by atoms with Crippen LogP contribution in [0.3, 0.4) is 0 Å². The molecule has 1 unspecified atom stereocenters. The molecule has 0 radical (unpaired) electrons. The maximum Gasteiger partial charge on any atom is 0.119 e. The van der Waals surface area contributed by atoms with Crippen LogP contribution in [0.1, 0.15) is 18.5 Å². The van der Waals surface area contributed by atoms with Gasteiger partial charge in [0.05, 0.1) is 7.11 Å². The van der Waals surface area contributed by atoms with Crippen LogP contribution in [-0.4, -0.2) is 19.4 Å². The Morgan fingerprint density at radius 1 is 1.19 bits per heavy atom. The van der Waals surface area contributed by atoms with Gasteiger partial charge in [-0.2, -0.15) is 0 Å². The third-order valence-electron chi connectivity index (χ3n) is 3.16. The molecule has 112 valence electrons. The molecule has 0 saturated carbocycles. The predicted molar refractivity (Wildman–Crippen MR) is 94.3 cm³/mol. The highest BCUT2D eigenvalue weighted by atomic mass is 79.9. The van der Waals surface area contributed by atoms with E-state index in [-0.39, 0.29) is 0 Å². The zero-order valence-electron chi connectivity index (χ0n) is 12.3. The Bertz CT molecular complexity index is 576. The van der Waals surface area contributed by atoms with Crippen LogP contribution in [0.2, 0.25) is 0 Å². The third-order valence-corrected chi connectivity index (χ3v) is 4.74. The molecule has 0 heterocycles. The number of ether oxygens (including phenoxy) is 1. The van der Waals surface area contributed by atoms with E-state index < -0.39 is 0 Å². The lowest BCUT2D eigenvalue weighted by molar-refractivity contribution is 0.413. The van der Waals surface area contributed by atoms with Crippen LogP contribution in [0.5, 0.6) is 5.75 Å². The van der Waals surface area contributed by atoms with Gasteiger partial charge in [-0.15, -0.1) is 11.8 Å². The second kappa shape index (κ2) is 8.47. The molecule has 0 saturated heterocycles. The van der Waals surface area contributed by atoms with Gasteiger partial charge in [0.25, 0.3) is 0 Å². The van der Waals surface area contributed by atoms with Crippen LogP contribution in [0.25, 0.3) is 0 Å². The summed E-state index contributed by atoms with van der Waals surface area (Å²) >= 11 is 5.38. The molecule has 2 rings (SSSR count). The van der Waals surface area contributed by atoms with Gasteiger partial charge in [-0.3, -0.25) is 0 Å². The molecule has 0 amide bonds. The number of rotatable bonds is 7. The standard InChI is InChI=1S/C17H20BrNOS/c1-3-19-17(13-6-4-8-15(10-13)20-2)12-21-16-9-5-7-14(18)11-16/h4-11,17,19H,3,12H2,1-2H3. The third kappa shape index (κ3) is 5.06. The molecule has 2 nitrogen and oxygen atoms in total. The van der Waals surface area contributed by atoms with Crippen molar-refractivity contribution >= 4 is 27.7 Å². The van der Waals surface area contributed by atoms with E-state index in [2.05, 4.69) is 58.5 Å². The molecular formula is C17H20BrNOS. The molecule has 0 aromatic heterocycles. The number of halogens is 1. The summed E-state index contributed by atoms with van der Waals surface area (Å²) in [5, 5.41) is 3.55. The van der Waals surface area contributed by atoms with Gasteiger partial charge in [-0.05, 0) is 42.4 Å². The maximum absolute atomic E-state index is 5.32. The molecule has 1 N–H and O–H groups in total. The Morgan fingerprint density at radius 3 is 2.71 bits per heavy atom. The topological polar surface area (TPSA) is 21.3 Å². The van der Waals surface area contributed by atoms with E-state index in [1.807, 2.05) is 30.0 Å². The predicted octanol–water partition coefficient (Wildman–Crippen LogP) is 4.90. The highest BCUT2D eigenvalue weighted by Crippen LogP contribution is 2.28. The number of nitrogens with one attached hydrogen (secondary N) is 1. The highest BCUT2D eigenvalue weighted by molar-refractivity contribution is 9.10. The average molecular weight is 366 g/mol. The first-order chi connectivity index (χ1) is 10.2. The quantitative estimate of drug-likeness (QED) is 0.705. The maximum atomic E-state index is 5.32. The molecule has 2 aromatic carbocycles. The first kappa shape index (κ1) is 16.4. The van der Waals surface area contributed by atoms with Crippen LogP contribution < -0.4 is 10.1 Å². The number of hydrogen-bond acceptors (Lipinski definition) is 3. The van der Waals surface area contributed by atoms with Crippen LogP contribution in [0, 0.1) is 0 Å². The first-order valence-corrected chi connectivity index (χ1v) is 8.76. The zero-order valence-corrected chi connectivity index (χ0v) is 14.7. The Balaban J connectivity index is 2.07. The summed E-state index contributed by atoms with van der Waals surface area (Å²) in [4.78, 5) is 1.27. The van der Waals surface area contributed by atoms with Gasteiger partial charge in [0.2, 0.25) is 0 Å². The van der Waals surface area contributed by atoms with Gasteiger partial charge in [0.15, 0.2) is 0 Å². The van der Waals surface area contributed by atoms with Gasteiger partial charge in [-0.25, -0.2) is 0 Å². The number of thioether (sulfide) groups is 1. The van der Waals surface area contributed by atoms with Gasteiger partial charge < -0.3 is 10.1 Å². The minimum absolute atomic E-state index is 0.314.